The Morgan fingerprint density at radius 2 is 1.96 bits per heavy atom. The van der Waals surface area contributed by atoms with Crippen molar-refractivity contribution < 1.29 is 14.3 Å². The summed E-state index contributed by atoms with van der Waals surface area (Å²) in [5.74, 6) is 1.39. The standard InChI is InChI=1S/C18H20BrNO3/c1-3-23-16-10-8-13(12-17(16)22-2)9-11-18(21)20-15-7-5-4-6-14(15)19/h4-8,10,12H,3,9,11H2,1-2H3,(H,20,21). The molecule has 0 atom stereocenters. The van der Waals surface area contributed by atoms with E-state index in [0.29, 0.717) is 25.2 Å². The molecule has 23 heavy (non-hydrogen) atoms. The smallest absolute Gasteiger partial charge is 0.224 e. The number of carbonyl (C=O) groups is 1. The van der Waals surface area contributed by atoms with Crippen LogP contribution in [-0.2, 0) is 11.2 Å². The molecule has 0 saturated carbocycles. The van der Waals surface area contributed by atoms with Crippen molar-refractivity contribution in [2.45, 2.75) is 19.8 Å². The molecule has 1 amide bonds. The van der Waals surface area contributed by atoms with Crippen molar-refractivity contribution in [2.75, 3.05) is 19.0 Å². The van der Waals surface area contributed by atoms with Gasteiger partial charge in [0.1, 0.15) is 0 Å². The van der Waals surface area contributed by atoms with Crippen LogP contribution in [0.2, 0.25) is 0 Å². The quantitative estimate of drug-likeness (QED) is 0.776. The largest absolute Gasteiger partial charge is 0.493 e. The van der Waals surface area contributed by atoms with E-state index in [0.717, 1.165) is 21.5 Å². The van der Waals surface area contributed by atoms with Crippen LogP contribution >= 0.6 is 15.9 Å². The Kier molecular flexibility index (Phi) is 6.47. The maximum absolute atomic E-state index is 12.1. The Bertz CT molecular complexity index is 673. The van der Waals surface area contributed by atoms with Gasteiger partial charge in [-0.25, -0.2) is 0 Å². The van der Waals surface area contributed by atoms with Gasteiger partial charge >= 0.3 is 0 Å². The van der Waals surface area contributed by atoms with Crippen LogP contribution in [0.15, 0.2) is 46.9 Å². The summed E-state index contributed by atoms with van der Waals surface area (Å²) in [5, 5.41) is 2.90. The highest BCUT2D eigenvalue weighted by Crippen LogP contribution is 2.28. The minimum atomic E-state index is -0.0234. The molecule has 0 unspecified atom stereocenters. The van der Waals surface area contributed by atoms with Crippen molar-refractivity contribution >= 4 is 27.5 Å². The lowest BCUT2D eigenvalue weighted by molar-refractivity contribution is -0.116. The molecule has 0 heterocycles. The number of rotatable bonds is 7. The number of halogens is 1. The summed E-state index contributed by atoms with van der Waals surface area (Å²) in [6, 6.07) is 13.3. The predicted molar refractivity (Wildman–Crippen MR) is 95.3 cm³/mol. The second-order valence-corrected chi connectivity index (χ2v) is 5.80. The van der Waals surface area contributed by atoms with Crippen LogP contribution in [0.4, 0.5) is 5.69 Å². The van der Waals surface area contributed by atoms with E-state index in [-0.39, 0.29) is 5.91 Å². The van der Waals surface area contributed by atoms with E-state index in [1.54, 1.807) is 7.11 Å². The Labute approximate surface area is 144 Å². The zero-order chi connectivity index (χ0) is 16.7. The van der Waals surface area contributed by atoms with Gasteiger partial charge in [-0.05, 0) is 59.1 Å². The first-order chi connectivity index (χ1) is 11.1. The number of hydrogen-bond donors (Lipinski definition) is 1. The average Bonchev–Trinajstić information content (AvgIpc) is 2.56. The minimum Gasteiger partial charge on any atom is -0.493 e. The second-order valence-electron chi connectivity index (χ2n) is 4.95. The van der Waals surface area contributed by atoms with Crippen LogP contribution in [0.5, 0.6) is 11.5 Å². The van der Waals surface area contributed by atoms with E-state index in [9.17, 15) is 4.79 Å². The zero-order valence-corrected chi connectivity index (χ0v) is 14.9. The van der Waals surface area contributed by atoms with Gasteiger partial charge in [0.05, 0.1) is 19.4 Å². The molecule has 0 aliphatic rings. The number of para-hydroxylation sites is 1. The van der Waals surface area contributed by atoms with E-state index < -0.39 is 0 Å². The molecular weight excluding hydrogens is 358 g/mol. The van der Waals surface area contributed by atoms with Gasteiger partial charge in [-0.1, -0.05) is 18.2 Å². The number of methoxy groups -OCH3 is 1. The molecule has 0 fully saturated rings. The summed E-state index contributed by atoms with van der Waals surface area (Å²) in [6.07, 6.45) is 1.04. The molecule has 1 N–H and O–H groups in total. The SMILES string of the molecule is CCOc1ccc(CCC(=O)Nc2ccccc2Br)cc1OC. The van der Waals surface area contributed by atoms with Crippen molar-refractivity contribution in [1.29, 1.82) is 0 Å². The summed E-state index contributed by atoms with van der Waals surface area (Å²) in [5.41, 5.74) is 1.81. The maximum Gasteiger partial charge on any atom is 0.224 e. The predicted octanol–water partition coefficient (Wildman–Crippen LogP) is 4.43. The Morgan fingerprint density at radius 1 is 1.17 bits per heavy atom. The number of hydrogen-bond acceptors (Lipinski definition) is 3. The van der Waals surface area contributed by atoms with E-state index in [1.807, 2.05) is 49.4 Å². The van der Waals surface area contributed by atoms with Gasteiger partial charge in [0.15, 0.2) is 11.5 Å². The molecule has 0 radical (unpaired) electrons. The third-order valence-electron chi connectivity index (χ3n) is 3.32. The van der Waals surface area contributed by atoms with Crippen molar-refractivity contribution in [3.63, 3.8) is 0 Å². The van der Waals surface area contributed by atoms with Crippen LogP contribution in [0.3, 0.4) is 0 Å². The highest BCUT2D eigenvalue weighted by molar-refractivity contribution is 9.10. The van der Waals surface area contributed by atoms with Gasteiger partial charge in [0.25, 0.3) is 0 Å². The Balaban J connectivity index is 1.95. The van der Waals surface area contributed by atoms with Gasteiger partial charge in [-0.3, -0.25) is 4.79 Å². The molecule has 2 aromatic rings. The molecule has 2 aromatic carbocycles. The van der Waals surface area contributed by atoms with E-state index in [4.69, 9.17) is 9.47 Å². The topological polar surface area (TPSA) is 47.6 Å². The minimum absolute atomic E-state index is 0.0234. The second kappa shape index (κ2) is 8.58. The van der Waals surface area contributed by atoms with E-state index in [2.05, 4.69) is 21.2 Å². The highest BCUT2D eigenvalue weighted by atomic mass is 79.9. The number of amides is 1. The molecule has 0 aromatic heterocycles. The fourth-order valence-corrected chi connectivity index (χ4v) is 2.56. The van der Waals surface area contributed by atoms with Crippen molar-refractivity contribution in [1.82, 2.24) is 0 Å². The maximum atomic E-state index is 12.1. The monoisotopic (exact) mass is 377 g/mol. The van der Waals surface area contributed by atoms with Crippen molar-refractivity contribution in [2.24, 2.45) is 0 Å². The molecule has 4 nitrogen and oxygen atoms in total. The average molecular weight is 378 g/mol. The van der Waals surface area contributed by atoms with Crippen LogP contribution in [-0.4, -0.2) is 19.6 Å². The number of anilines is 1. The molecule has 0 saturated heterocycles. The first-order valence-corrected chi connectivity index (χ1v) is 8.27. The third kappa shape index (κ3) is 4.99. The molecule has 2 rings (SSSR count). The Hall–Kier alpha value is -2.01. The van der Waals surface area contributed by atoms with Crippen LogP contribution in [0.25, 0.3) is 0 Å². The number of benzene rings is 2. The fourth-order valence-electron chi connectivity index (χ4n) is 2.18. The summed E-state index contributed by atoms with van der Waals surface area (Å²) in [6.45, 7) is 2.52. The number of carbonyl (C=O) groups excluding carboxylic acids is 1. The third-order valence-corrected chi connectivity index (χ3v) is 4.01. The summed E-state index contributed by atoms with van der Waals surface area (Å²) < 4.78 is 11.7. The highest BCUT2D eigenvalue weighted by Gasteiger charge is 2.08. The van der Waals surface area contributed by atoms with Crippen LogP contribution < -0.4 is 14.8 Å². The van der Waals surface area contributed by atoms with Crippen LogP contribution in [0, 0.1) is 0 Å². The van der Waals surface area contributed by atoms with Gasteiger partial charge < -0.3 is 14.8 Å². The number of aryl methyl sites for hydroxylation is 1. The number of ether oxygens (including phenoxy) is 2. The molecule has 0 aliphatic heterocycles. The molecule has 0 spiro atoms. The molecule has 0 bridgehead atoms. The summed E-state index contributed by atoms with van der Waals surface area (Å²) >= 11 is 3.42. The normalized spacial score (nSPS) is 10.2. The van der Waals surface area contributed by atoms with E-state index in [1.165, 1.54) is 0 Å². The lowest BCUT2D eigenvalue weighted by Crippen LogP contribution is -2.12. The lowest BCUT2D eigenvalue weighted by Gasteiger charge is -2.11. The molecule has 122 valence electrons. The zero-order valence-electron chi connectivity index (χ0n) is 13.3. The fraction of sp³-hybridized carbons (Fsp3) is 0.278. The van der Waals surface area contributed by atoms with Gasteiger partial charge in [-0.15, -0.1) is 0 Å². The van der Waals surface area contributed by atoms with Gasteiger partial charge in [0, 0.05) is 10.9 Å². The molecule has 0 aliphatic carbocycles. The van der Waals surface area contributed by atoms with Crippen molar-refractivity contribution in [3.05, 3.63) is 52.5 Å². The first kappa shape index (κ1) is 17.3. The summed E-state index contributed by atoms with van der Waals surface area (Å²) in [7, 11) is 1.61. The first-order valence-electron chi connectivity index (χ1n) is 7.48. The summed E-state index contributed by atoms with van der Waals surface area (Å²) in [4.78, 5) is 12.1. The van der Waals surface area contributed by atoms with E-state index >= 15 is 0 Å². The van der Waals surface area contributed by atoms with Gasteiger partial charge in [0.2, 0.25) is 5.91 Å². The lowest BCUT2D eigenvalue weighted by atomic mass is 10.1. The van der Waals surface area contributed by atoms with Crippen LogP contribution in [0.1, 0.15) is 18.9 Å². The Morgan fingerprint density at radius 3 is 2.65 bits per heavy atom. The molecular formula is C18H20BrNO3. The molecule has 5 heteroatoms. The van der Waals surface area contributed by atoms with Crippen molar-refractivity contribution in [3.8, 4) is 11.5 Å². The van der Waals surface area contributed by atoms with Gasteiger partial charge in [-0.2, -0.15) is 0 Å². The number of nitrogens with one attached hydrogen (secondary N) is 1.